The van der Waals surface area contributed by atoms with Gasteiger partial charge in [0.05, 0.1) is 25.0 Å². The van der Waals surface area contributed by atoms with Gasteiger partial charge in [0.2, 0.25) is 5.28 Å². The van der Waals surface area contributed by atoms with Crippen LogP contribution in [0.15, 0.2) is 36.7 Å². The number of halogens is 1. The summed E-state index contributed by atoms with van der Waals surface area (Å²) in [6, 6.07) is 7.55. The van der Waals surface area contributed by atoms with Gasteiger partial charge in [-0.1, -0.05) is 12.1 Å². The number of hydrogen-bond donors (Lipinski definition) is 1. The molecule has 3 aromatic rings. The van der Waals surface area contributed by atoms with Crippen LogP contribution < -0.4 is 5.32 Å². The average molecular weight is 513 g/mol. The minimum atomic E-state index is -0.607. The number of carbonyl (C=O) groups excluding carboxylic acids is 2. The lowest BCUT2D eigenvalue weighted by Gasteiger charge is -2.24. The van der Waals surface area contributed by atoms with Crippen molar-refractivity contribution in [3.05, 3.63) is 53.2 Å². The van der Waals surface area contributed by atoms with E-state index in [1.807, 2.05) is 45.0 Å². The molecular weight excluding hydrogens is 484 g/mol. The summed E-state index contributed by atoms with van der Waals surface area (Å²) in [5.41, 5.74) is 2.67. The lowest BCUT2D eigenvalue weighted by molar-refractivity contribution is 0.0240. The zero-order valence-electron chi connectivity index (χ0n) is 21.1. The quantitative estimate of drug-likeness (QED) is 0.440. The van der Waals surface area contributed by atoms with Crippen molar-refractivity contribution in [3.8, 4) is 11.1 Å². The molecule has 0 radical (unpaired) electrons. The standard InChI is InChI=1S/C25H29ClN6O4/c1-24(2,3)35-22(33)31-13-18-19(14-31)29-21(26)30-20(18)28-17-9-7-15(8-10-17)16-11-27-32(12-16)23(34)36-25(4,5)6/h7-12H,13-14H2,1-6H3,(H,28,29,30). The number of anilines is 2. The van der Waals surface area contributed by atoms with E-state index < -0.39 is 23.4 Å². The molecule has 1 aromatic carbocycles. The van der Waals surface area contributed by atoms with Crippen LogP contribution in [-0.4, -0.2) is 48.0 Å². The van der Waals surface area contributed by atoms with Crippen LogP contribution in [0.25, 0.3) is 11.1 Å². The third-order valence-corrected chi connectivity index (χ3v) is 5.22. The van der Waals surface area contributed by atoms with Crippen LogP contribution in [-0.2, 0) is 22.6 Å². The molecule has 0 bridgehead atoms. The Morgan fingerprint density at radius 3 is 2.19 bits per heavy atom. The summed E-state index contributed by atoms with van der Waals surface area (Å²) in [5.74, 6) is 0.529. The monoisotopic (exact) mass is 512 g/mol. The van der Waals surface area contributed by atoms with E-state index in [1.165, 1.54) is 4.68 Å². The summed E-state index contributed by atoms with van der Waals surface area (Å²) < 4.78 is 12.0. The molecule has 0 atom stereocenters. The number of fused-ring (bicyclic) bond motifs is 1. The first-order chi connectivity index (χ1) is 16.8. The van der Waals surface area contributed by atoms with Crippen molar-refractivity contribution in [2.24, 2.45) is 0 Å². The van der Waals surface area contributed by atoms with E-state index in [-0.39, 0.29) is 5.28 Å². The Balaban J connectivity index is 1.48. The maximum atomic E-state index is 12.5. The maximum absolute atomic E-state index is 12.5. The van der Waals surface area contributed by atoms with Gasteiger partial charge in [-0.25, -0.2) is 19.6 Å². The van der Waals surface area contributed by atoms with Crippen molar-refractivity contribution in [3.63, 3.8) is 0 Å². The van der Waals surface area contributed by atoms with Crippen molar-refractivity contribution < 1.29 is 19.1 Å². The van der Waals surface area contributed by atoms with Crippen molar-refractivity contribution in [2.75, 3.05) is 5.32 Å². The van der Waals surface area contributed by atoms with Crippen LogP contribution in [0, 0.1) is 0 Å². The van der Waals surface area contributed by atoms with Crippen LogP contribution >= 0.6 is 11.6 Å². The van der Waals surface area contributed by atoms with E-state index in [0.29, 0.717) is 24.6 Å². The largest absolute Gasteiger partial charge is 0.444 e. The molecule has 0 aliphatic carbocycles. The first kappa shape index (κ1) is 25.4. The minimum absolute atomic E-state index is 0.0912. The highest BCUT2D eigenvalue weighted by atomic mass is 35.5. The zero-order chi connectivity index (χ0) is 26.3. The van der Waals surface area contributed by atoms with E-state index in [4.69, 9.17) is 21.1 Å². The lowest BCUT2D eigenvalue weighted by atomic mass is 10.1. The predicted octanol–water partition coefficient (Wildman–Crippen LogP) is 5.77. The van der Waals surface area contributed by atoms with Crippen LogP contribution in [0.5, 0.6) is 0 Å². The molecule has 3 heterocycles. The molecule has 0 unspecified atom stereocenters. The Kier molecular flexibility index (Phi) is 6.66. The fourth-order valence-corrected chi connectivity index (χ4v) is 3.73. The summed E-state index contributed by atoms with van der Waals surface area (Å²) in [6.07, 6.45) is 2.27. The Hall–Kier alpha value is -3.66. The number of amides is 1. The molecule has 11 heteroatoms. The van der Waals surface area contributed by atoms with Crippen LogP contribution in [0.1, 0.15) is 52.8 Å². The fraction of sp³-hybridized carbons (Fsp3) is 0.400. The van der Waals surface area contributed by atoms with Gasteiger partial charge in [-0.2, -0.15) is 9.78 Å². The first-order valence-electron chi connectivity index (χ1n) is 11.5. The van der Waals surface area contributed by atoms with Gasteiger partial charge in [-0.05, 0) is 70.8 Å². The van der Waals surface area contributed by atoms with E-state index >= 15 is 0 Å². The molecular formula is C25H29ClN6O4. The van der Waals surface area contributed by atoms with Gasteiger partial charge in [-0.3, -0.25) is 4.90 Å². The van der Waals surface area contributed by atoms with Crippen LogP contribution in [0.2, 0.25) is 5.28 Å². The highest BCUT2D eigenvalue weighted by Crippen LogP contribution is 2.31. The third kappa shape index (κ3) is 6.12. The van der Waals surface area contributed by atoms with Crippen LogP contribution in [0.3, 0.4) is 0 Å². The second kappa shape index (κ2) is 9.42. The Labute approximate surface area is 214 Å². The summed E-state index contributed by atoms with van der Waals surface area (Å²) in [7, 11) is 0. The molecule has 1 aliphatic rings. The number of ether oxygens (including phenoxy) is 2. The van der Waals surface area contributed by atoms with E-state index in [2.05, 4.69) is 20.4 Å². The second-order valence-electron chi connectivity index (χ2n) is 10.5. The molecule has 4 rings (SSSR count). The highest BCUT2D eigenvalue weighted by molar-refractivity contribution is 6.28. The number of aromatic nitrogens is 4. The molecule has 1 N–H and O–H groups in total. The Morgan fingerprint density at radius 2 is 1.56 bits per heavy atom. The zero-order valence-corrected chi connectivity index (χ0v) is 21.9. The Morgan fingerprint density at radius 1 is 0.917 bits per heavy atom. The van der Waals surface area contributed by atoms with E-state index in [0.717, 1.165) is 22.4 Å². The molecule has 0 spiro atoms. The number of nitrogens with zero attached hydrogens (tertiary/aromatic N) is 5. The number of benzene rings is 1. The molecule has 0 fully saturated rings. The van der Waals surface area contributed by atoms with Gasteiger partial charge in [0.25, 0.3) is 0 Å². The first-order valence-corrected chi connectivity index (χ1v) is 11.8. The van der Waals surface area contributed by atoms with Crippen LogP contribution in [0.4, 0.5) is 21.1 Å². The molecule has 1 amide bonds. The van der Waals surface area contributed by atoms with E-state index in [1.54, 1.807) is 38.1 Å². The predicted molar refractivity (Wildman–Crippen MR) is 135 cm³/mol. The number of nitrogens with one attached hydrogen (secondary N) is 1. The maximum Gasteiger partial charge on any atom is 0.435 e. The number of carbonyl (C=O) groups is 2. The molecule has 2 aromatic heterocycles. The summed E-state index contributed by atoms with van der Waals surface area (Å²) >= 11 is 6.16. The molecule has 0 saturated carbocycles. The summed E-state index contributed by atoms with van der Waals surface area (Å²) in [4.78, 5) is 35.0. The third-order valence-electron chi connectivity index (χ3n) is 5.05. The number of rotatable bonds is 3. The molecule has 0 saturated heterocycles. The van der Waals surface area contributed by atoms with Crippen molar-refractivity contribution in [2.45, 2.75) is 65.8 Å². The average Bonchev–Trinajstić information content (AvgIpc) is 3.39. The van der Waals surface area contributed by atoms with Crippen molar-refractivity contribution >= 4 is 35.3 Å². The van der Waals surface area contributed by atoms with Crippen molar-refractivity contribution in [1.29, 1.82) is 0 Å². The van der Waals surface area contributed by atoms with Crippen molar-refractivity contribution in [1.82, 2.24) is 24.6 Å². The minimum Gasteiger partial charge on any atom is -0.444 e. The SMILES string of the molecule is CC(C)(C)OC(=O)N1Cc2nc(Cl)nc(Nc3ccc(-c4cnn(C(=O)OC(C)(C)C)c4)cc3)c2C1. The lowest BCUT2D eigenvalue weighted by Crippen LogP contribution is -2.33. The van der Waals surface area contributed by atoms with Gasteiger partial charge >= 0.3 is 12.2 Å². The van der Waals surface area contributed by atoms with Gasteiger partial charge < -0.3 is 14.8 Å². The molecule has 1 aliphatic heterocycles. The van der Waals surface area contributed by atoms with Gasteiger partial charge in [0.15, 0.2) is 0 Å². The fourth-order valence-electron chi connectivity index (χ4n) is 3.55. The normalized spacial score (nSPS) is 13.4. The molecule has 36 heavy (non-hydrogen) atoms. The van der Waals surface area contributed by atoms with Gasteiger partial charge in [0, 0.05) is 23.0 Å². The van der Waals surface area contributed by atoms with E-state index in [9.17, 15) is 9.59 Å². The van der Waals surface area contributed by atoms with Gasteiger partial charge in [0.1, 0.15) is 17.0 Å². The molecule has 10 nitrogen and oxygen atoms in total. The number of hydrogen-bond acceptors (Lipinski definition) is 8. The smallest absolute Gasteiger partial charge is 0.435 e. The Bertz CT molecular complexity index is 1290. The van der Waals surface area contributed by atoms with Gasteiger partial charge in [-0.15, -0.1) is 0 Å². The second-order valence-corrected chi connectivity index (χ2v) is 10.8. The topological polar surface area (TPSA) is 111 Å². The highest BCUT2D eigenvalue weighted by Gasteiger charge is 2.31. The summed E-state index contributed by atoms with van der Waals surface area (Å²) in [6.45, 7) is 11.5. The summed E-state index contributed by atoms with van der Waals surface area (Å²) in [5, 5.41) is 7.47. The molecule has 190 valence electrons.